The van der Waals surface area contributed by atoms with E-state index in [1.54, 1.807) is 20.3 Å². The number of imidazole rings is 1. The van der Waals surface area contributed by atoms with Crippen LogP contribution in [0.15, 0.2) is 66.7 Å². The lowest BCUT2D eigenvalue weighted by atomic mass is 10.1. The van der Waals surface area contributed by atoms with Crippen molar-refractivity contribution in [2.75, 3.05) is 27.4 Å². The highest BCUT2D eigenvalue weighted by molar-refractivity contribution is 6.30. The fraction of sp³-hybridized carbons (Fsp3) is 0.286. The van der Waals surface area contributed by atoms with Gasteiger partial charge in [0, 0.05) is 24.5 Å². The van der Waals surface area contributed by atoms with Crippen LogP contribution in [0.2, 0.25) is 5.02 Å². The Morgan fingerprint density at radius 3 is 2.56 bits per heavy atom. The van der Waals surface area contributed by atoms with Crippen molar-refractivity contribution in [3.8, 4) is 17.2 Å². The minimum absolute atomic E-state index is 0.0544. The zero-order chi connectivity index (χ0) is 25.3. The number of nitrogens with zero attached hydrogens (tertiary/aromatic N) is 2. The topological polar surface area (TPSA) is 74.6 Å². The molecule has 1 heterocycles. The number of hydrogen-bond donors (Lipinski definition) is 1. The van der Waals surface area contributed by atoms with Gasteiger partial charge in [-0.25, -0.2) is 4.98 Å². The van der Waals surface area contributed by atoms with Crippen molar-refractivity contribution in [2.45, 2.75) is 25.8 Å². The van der Waals surface area contributed by atoms with Crippen LogP contribution in [0.25, 0.3) is 11.0 Å². The summed E-state index contributed by atoms with van der Waals surface area (Å²) in [7, 11) is 3.17. The van der Waals surface area contributed by atoms with Gasteiger partial charge in [0.15, 0.2) is 11.5 Å². The first-order chi connectivity index (χ1) is 17.6. The van der Waals surface area contributed by atoms with E-state index in [-0.39, 0.29) is 12.3 Å². The number of rotatable bonds is 12. The molecule has 0 aliphatic heterocycles. The van der Waals surface area contributed by atoms with Crippen LogP contribution in [0.4, 0.5) is 0 Å². The Morgan fingerprint density at radius 2 is 1.78 bits per heavy atom. The normalized spacial score (nSPS) is 10.9. The molecule has 8 heteroatoms. The van der Waals surface area contributed by atoms with Gasteiger partial charge in [0.2, 0.25) is 5.91 Å². The maximum Gasteiger partial charge on any atom is 0.224 e. The summed E-state index contributed by atoms with van der Waals surface area (Å²) in [5.41, 5.74) is 2.89. The molecule has 0 bridgehead atoms. The summed E-state index contributed by atoms with van der Waals surface area (Å²) in [6, 6.07) is 20.9. The molecule has 36 heavy (non-hydrogen) atoms. The second kappa shape index (κ2) is 12.3. The molecule has 4 rings (SSSR count). The van der Waals surface area contributed by atoms with Gasteiger partial charge in [0.25, 0.3) is 0 Å². The summed E-state index contributed by atoms with van der Waals surface area (Å²) in [4.78, 5) is 17.4. The zero-order valence-corrected chi connectivity index (χ0v) is 21.3. The second-order valence-corrected chi connectivity index (χ2v) is 8.73. The number of methoxy groups -OCH3 is 2. The molecule has 4 aromatic rings. The number of fused-ring (bicyclic) bond motifs is 1. The second-order valence-electron chi connectivity index (χ2n) is 8.29. The molecule has 7 nitrogen and oxygen atoms in total. The first-order valence-corrected chi connectivity index (χ1v) is 12.3. The molecule has 3 aromatic carbocycles. The van der Waals surface area contributed by atoms with E-state index in [0.29, 0.717) is 36.1 Å². The number of para-hydroxylation sites is 2. The van der Waals surface area contributed by atoms with Crippen molar-refractivity contribution in [3.63, 3.8) is 0 Å². The molecule has 0 fully saturated rings. The molecular weight excluding hydrogens is 478 g/mol. The van der Waals surface area contributed by atoms with E-state index in [2.05, 4.69) is 16.0 Å². The molecule has 0 aliphatic carbocycles. The number of nitrogens with one attached hydrogen (secondary N) is 1. The quantitative estimate of drug-likeness (QED) is 0.271. The fourth-order valence-electron chi connectivity index (χ4n) is 4.06. The largest absolute Gasteiger partial charge is 0.494 e. The maximum absolute atomic E-state index is 12.5. The average molecular weight is 508 g/mol. The molecule has 1 aromatic heterocycles. The van der Waals surface area contributed by atoms with Gasteiger partial charge in [-0.3, -0.25) is 4.79 Å². The van der Waals surface area contributed by atoms with Gasteiger partial charge in [-0.05, 0) is 60.5 Å². The van der Waals surface area contributed by atoms with Gasteiger partial charge in [-0.1, -0.05) is 29.8 Å². The highest BCUT2D eigenvalue weighted by Crippen LogP contribution is 2.27. The lowest BCUT2D eigenvalue weighted by Crippen LogP contribution is -2.28. The summed E-state index contributed by atoms with van der Waals surface area (Å²) < 4.78 is 18.6. The van der Waals surface area contributed by atoms with Crippen LogP contribution in [0.1, 0.15) is 17.8 Å². The SMILES string of the molecule is COc1ccc(CC(=O)NCCc2nc3ccccc3n2CCCOc2ccc(Cl)cc2)cc1OC. The Labute approximate surface area is 216 Å². The van der Waals surface area contributed by atoms with E-state index in [4.69, 9.17) is 30.8 Å². The molecule has 0 aliphatic rings. The number of hydrogen-bond acceptors (Lipinski definition) is 5. The van der Waals surface area contributed by atoms with Crippen molar-refractivity contribution < 1.29 is 19.0 Å². The summed E-state index contributed by atoms with van der Waals surface area (Å²) >= 11 is 5.94. The Balaban J connectivity index is 1.33. The van der Waals surface area contributed by atoms with E-state index < -0.39 is 0 Å². The van der Waals surface area contributed by atoms with E-state index in [0.717, 1.165) is 41.1 Å². The highest BCUT2D eigenvalue weighted by Gasteiger charge is 2.12. The number of benzene rings is 3. The molecular formula is C28H30ClN3O4. The Hall–Kier alpha value is -3.71. The Bertz CT molecular complexity index is 1300. The summed E-state index contributed by atoms with van der Waals surface area (Å²) in [6.45, 7) is 1.84. The molecule has 0 saturated heterocycles. The van der Waals surface area contributed by atoms with Crippen LogP contribution in [0.5, 0.6) is 17.2 Å². The maximum atomic E-state index is 12.5. The Kier molecular flexibility index (Phi) is 8.68. The molecule has 0 atom stereocenters. The third-order valence-corrected chi connectivity index (χ3v) is 6.08. The number of ether oxygens (including phenoxy) is 3. The smallest absolute Gasteiger partial charge is 0.224 e. The Morgan fingerprint density at radius 1 is 1.00 bits per heavy atom. The molecule has 0 unspecified atom stereocenters. The highest BCUT2D eigenvalue weighted by atomic mass is 35.5. The number of halogens is 1. The monoisotopic (exact) mass is 507 g/mol. The molecule has 188 valence electrons. The minimum atomic E-state index is -0.0544. The van der Waals surface area contributed by atoms with Crippen LogP contribution >= 0.6 is 11.6 Å². The van der Waals surface area contributed by atoms with Gasteiger partial charge in [-0.2, -0.15) is 0 Å². The number of carbonyl (C=O) groups is 1. The van der Waals surface area contributed by atoms with E-state index in [1.807, 2.05) is 54.6 Å². The number of carbonyl (C=O) groups excluding carboxylic acids is 1. The number of aryl methyl sites for hydroxylation is 1. The zero-order valence-electron chi connectivity index (χ0n) is 20.5. The van der Waals surface area contributed by atoms with E-state index in [9.17, 15) is 4.79 Å². The van der Waals surface area contributed by atoms with Crippen molar-refractivity contribution in [1.29, 1.82) is 0 Å². The van der Waals surface area contributed by atoms with Crippen LogP contribution in [0.3, 0.4) is 0 Å². The van der Waals surface area contributed by atoms with Crippen LogP contribution in [0, 0.1) is 0 Å². The summed E-state index contributed by atoms with van der Waals surface area (Å²) in [5, 5.41) is 3.70. The van der Waals surface area contributed by atoms with Crippen molar-refractivity contribution in [3.05, 3.63) is 83.1 Å². The first-order valence-electron chi connectivity index (χ1n) is 11.9. The average Bonchev–Trinajstić information content (AvgIpc) is 3.24. The van der Waals surface area contributed by atoms with Crippen LogP contribution in [-0.2, 0) is 24.2 Å². The standard InChI is InChI=1S/C28H30ClN3O4/c1-34-25-13-8-20(18-26(25)35-2)19-28(33)30-15-14-27-31-23-6-3-4-7-24(23)32(27)16-5-17-36-22-11-9-21(29)10-12-22/h3-4,6-13,18H,5,14-17,19H2,1-2H3,(H,30,33). The van der Waals surface area contributed by atoms with Crippen molar-refractivity contribution in [1.82, 2.24) is 14.9 Å². The van der Waals surface area contributed by atoms with Gasteiger partial charge in [0.1, 0.15) is 11.6 Å². The van der Waals surface area contributed by atoms with Crippen LogP contribution < -0.4 is 19.5 Å². The molecule has 0 spiro atoms. The van der Waals surface area contributed by atoms with Crippen LogP contribution in [-0.4, -0.2) is 42.8 Å². The molecule has 1 N–H and O–H groups in total. The van der Waals surface area contributed by atoms with Gasteiger partial charge in [-0.15, -0.1) is 0 Å². The van der Waals surface area contributed by atoms with E-state index >= 15 is 0 Å². The van der Waals surface area contributed by atoms with Crippen molar-refractivity contribution in [2.24, 2.45) is 0 Å². The van der Waals surface area contributed by atoms with Gasteiger partial charge >= 0.3 is 0 Å². The summed E-state index contributed by atoms with van der Waals surface area (Å²) in [6.07, 6.45) is 1.71. The lowest BCUT2D eigenvalue weighted by molar-refractivity contribution is -0.120. The minimum Gasteiger partial charge on any atom is -0.494 e. The lowest BCUT2D eigenvalue weighted by Gasteiger charge is -2.12. The fourth-order valence-corrected chi connectivity index (χ4v) is 4.19. The molecule has 0 radical (unpaired) electrons. The van der Waals surface area contributed by atoms with Gasteiger partial charge in [0.05, 0.1) is 38.3 Å². The van der Waals surface area contributed by atoms with E-state index in [1.165, 1.54) is 0 Å². The number of amides is 1. The summed E-state index contributed by atoms with van der Waals surface area (Å²) in [5.74, 6) is 2.93. The molecule has 1 amide bonds. The third kappa shape index (κ3) is 6.49. The first kappa shape index (κ1) is 25.4. The predicted molar refractivity (Wildman–Crippen MR) is 141 cm³/mol. The van der Waals surface area contributed by atoms with Crippen molar-refractivity contribution >= 4 is 28.5 Å². The predicted octanol–water partition coefficient (Wildman–Crippen LogP) is 5.08. The molecule has 0 saturated carbocycles. The third-order valence-electron chi connectivity index (χ3n) is 5.83. The van der Waals surface area contributed by atoms with Gasteiger partial charge < -0.3 is 24.1 Å². The number of aromatic nitrogens is 2.